The lowest BCUT2D eigenvalue weighted by molar-refractivity contribution is -0.124. The van der Waals surface area contributed by atoms with Crippen LogP contribution in [0.4, 0.5) is 27.7 Å². The van der Waals surface area contributed by atoms with Gasteiger partial charge in [0.25, 0.3) is 0 Å². The van der Waals surface area contributed by atoms with Gasteiger partial charge in [-0.05, 0) is 63.3 Å². The van der Waals surface area contributed by atoms with E-state index >= 15 is 0 Å². The van der Waals surface area contributed by atoms with E-state index in [9.17, 15) is 9.59 Å². The number of carbonyl (C=O) groups is 2. The highest BCUT2D eigenvalue weighted by atomic mass is 16.6. The Morgan fingerprint density at radius 2 is 2.08 bits per heavy atom. The van der Waals surface area contributed by atoms with Gasteiger partial charge in [0.05, 0.1) is 29.6 Å². The van der Waals surface area contributed by atoms with E-state index in [0.29, 0.717) is 19.7 Å². The lowest BCUT2D eigenvalue weighted by Gasteiger charge is -2.33. The first-order chi connectivity index (χ1) is 18.0. The fourth-order valence-corrected chi connectivity index (χ4v) is 6.50. The van der Waals surface area contributed by atoms with Crippen LogP contribution in [0.1, 0.15) is 44.6 Å². The summed E-state index contributed by atoms with van der Waals surface area (Å²) in [6.07, 6.45) is 6.16. The van der Waals surface area contributed by atoms with Crippen molar-refractivity contribution >= 4 is 34.9 Å². The number of benzene rings is 1. The molecule has 1 spiro atoms. The van der Waals surface area contributed by atoms with Gasteiger partial charge in [-0.3, -0.25) is 9.69 Å². The number of ether oxygens (including phenoxy) is 2. The molecule has 9 nitrogen and oxygen atoms in total. The first kappa shape index (κ1) is 24.0. The summed E-state index contributed by atoms with van der Waals surface area (Å²) in [5.41, 5.74) is 3.52. The number of methoxy groups -OCH3 is 1. The van der Waals surface area contributed by atoms with Gasteiger partial charge in [0, 0.05) is 50.1 Å². The Balaban J connectivity index is 1.32. The Morgan fingerprint density at radius 1 is 1.24 bits per heavy atom. The molecule has 2 amide bonds. The van der Waals surface area contributed by atoms with E-state index in [0.717, 1.165) is 73.6 Å². The Bertz CT molecular complexity index is 1200. The number of likely N-dealkylation sites (N-methyl/N-ethyl adjacent to an activating group) is 1. The molecule has 1 saturated carbocycles. The van der Waals surface area contributed by atoms with Gasteiger partial charge in [0.2, 0.25) is 5.91 Å². The van der Waals surface area contributed by atoms with Crippen LogP contribution in [-0.2, 0) is 20.8 Å². The van der Waals surface area contributed by atoms with Gasteiger partial charge in [0.15, 0.2) is 0 Å². The maximum Gasteiger partial charge on any atom is 0.410 e. The van der Waals surface area contributed by atoms with Crippen molar-refractivity contribution in [2.45, 2.75) is 57.2 Å². The van der Waals surface area contributed by atoms with Crippen LogP contribution in [0.15, 0.2) is 36.5 Å². The molecule has 1 atom stereocenters. The third-order valence-corrected chi connectivity index (χ3v) is 8.64. The fraction of sp³-hybridized carbons (Fsp3) is 0.536. The molecular formula is C28H35N5O4. The van der Waals surface area contributed by atoms with Crippen LogP contribution in [0.25, 0.3) is 0 Å². The zero-order valence-corrected chi connectivity index (χ0v) is 21.6. The summed E-state index contributed by atoms with van der Waals surface area (Å²) in [5, 5.41) is 3.48. The molecule has 196 valence electrons. The molecule has 1 N–H and O–H groups in total. The molecule has 2 aromatic rings. The molecule has 4 aliphatic rings. The molecule has 3 fully saturated rings. The summed E-state index contributed by atoms with van der Waals surface area (Å²) in [6.45, 7) is 5.09. The van der Waals surface area contributed by atoms with Crippen LogP contribution in [0.5, 0.6) is 0 Å². The smallest absolute Gasteiger partial charge is 0.410 e. The van der Waals surface area contributed by atoms with Gasteiger partial charge in [0.1, 0.15) is 12.4 Å². The lowest BCUT2D eigenvalue weighted by atomic mass is 9.86. The Kier molecular flexibility index (Phi) is 6.18. The summed E-state index contributed by atoms with van der Waals surface area (Å²) in [6, 6.07) is 10.2. The number of amides is 2. The summed E-state index contributed by atoms with van der Waals surface area (Å²) >= 11 is 0. The topological polar surface area (TPSA) is 87.2 Å². The fourth-order valence-electron chi connectivity index (χ4n) is 6.50. The van der Waals surface area contributed by atoms with Crippen molar-refractivity contribution in [3.05, 3.63) is 42.1 Å². The van der Waals surface area contributed by atoms with Crippen molar-refractivity contribution in [2.24, 2.45) is 5.92 Å². The minimum absolute atomic E-state index is 0.0176. The van der Waals surface area contributed by atoms with Crippen molar-refractivity contribution in [2.75, 3.05) is 48.5 Å². The number of aromatic nitrogens is 1. The molecule has 1 aromatic heterocycles. The average molecular weight is 506 g/mol. The Morgan fingerprint density at radius 3 is 2.86 bits per heavy atom. The summed E-state index contributed by atoms with van der Waals surface area (Å²) < 4.78 is 11.0. The van der Waals surface area contributed by atoms with Gasteiger partial charge in [-0.1, -0.05) is 6.07 Å². The number of carbonyl (C=O) groups excluding carboxylic acids is 2. The van der Waals surface area contributed by atoms with Crippen LogP contribution in [0.3, 0.4) is 0 Å². The standard InChI is InChI=1S/C28H35N5O4/c1-3-33-27(35)37-18-28(33)12-14-31(17-28)21-8-11-23-24(15-21)32(16-20-5-4-13-29-25(20)30-23)26(34)19-6-9-22(36-2)10-7-19/h4-5,8,11,13,15,19,22H,3,6-7,9-10,12,14,16-18H2,1-2H3,(H,29,30)/t19-,22-,28?. The van der Waals surface area contributed by atoms with Crippen LogP contribution in [-0.4, -0.2) is 66.9 Å². The highest BCUT2D eigenvalue weighted by molar-refractivity contribution is 6.00. The quantitative estimate of drug-likeness (QED) is 0.663. The number of anilines is 4. The number of rotatable bonds is 4. The normalized spacial score (nSPS) is 27.0. The largest absolute Gasteiger partial charge is 0.447 e. The molecule has 37 heavy (non-hydrogen) atoms. The van der Waals surface area contributed by atoms with Crippen LogP contribution < -0.4 is 15.1 Å². The summed E-state index contributed by atoms with van der Waals surface area (Å²) in [7, 11) is 1.75. The van der Waals surface area contributed by atoms with Crippen LogP contribution in [0.2, 0.25) is 0 Å². The first-order valence-electron chi connectivity index (χ1n) is 13.4. The van der Waals surface area contributed by atoms with E-state index in [-0.39, 0.29) is 29.6 Å². The number of nitrogens with one attached hydrogen (secondary N) is 1. The number of pyridine rings is 1. The highest BCUT2D eigenvalue weighted by Gasteiger charge is 2.51. The SMILES string of the molecule is CCN1C(=O)OCC12CCN(c1ccc3c(c1)N(C(=O)[C@H]1CC[C@H](OC)CC1)Cc1cccnc1N3)C2. The minimum atomic E-state index is -0.285. The monoisotopic (exact) mass is 505 g/mol. The highest BCUT2D eigenvalue weighted by Crippen LogP contribution is 2.42. The van der Waals surface area contributed by atoms with Crippen LogP contribution in [0, 0.1) is 5.92 Å². The predicted octanol–water partition coefficient (Wildman–Crippen LogP) is 4.30. The second-order valence-electron chi connectivity index (χ2n) is 10.7. The second-order valence-corrected chi connectivity index (χ2v) is 10.7. The molecule has 9 heteroatoms. The zero-order chi connectivity index (χ0) is 25.6. The van der Waals surface area contributed by atoms with E-state index < -0.39 is 0 Å². The Labute approximate surface area is 217 Å². The maximum absolute atomic E-state index is 14.0. The molecular weight excluding hydrogens is 470 g/mol. The number of nitrogens with zero attached hydrogens (tertiary/aromatic N) is 4. The van der Waals surface area contributed by atoms with Gasteiger partial charge < -0.3 is 24.6 Å². The summed E-state index contributed by atoms with van der Waals surface area (Å²) in [4.78, 5) is 36.9. The van der Waals surface area contributed by atoms with Crippen molar-refractivity contribution in [1.29, 1.82) is 0 Å². The number of fused-ring (bicyclic) bond motifs is 2. The van der Waals surface area contributed by atoms with Crippen molar-refractivity contribution < 1.29 is 19.1 Å². The van der Waals surface area contributed by atoms with E-state index in [1.54, 1.807) is 13.3 Å². The van der Waals surface area contributed by atoms with Crippen LogP contribution >= 0.6 is 0 Å². The molecule has 0 radical (unpaired) electrons. The third kappa shape index (κ3) is 4.19. The zero-order valence-electron chi connectivity index (χ0n) is 21.6. The molecule has 0 bridgehead atoms. The molecule has 1 aliphatic carbocycles. The number of hydrogen-bond acceptors (Lipinski definition) is 7. The third-order valence-electron chi connectivity index (χ3n) is 8.64. The average Bonchev–Trinajstić information content (AvgIpc) is 3.45. The van der Waals surface area contributed by atoms with E-state index in [2.05, 4.69) is 33.4 Å². The number of hydrogen-bond donors (Lipinski definition) is 1. The van der Waals surface area contributed by atoms with E-state index in [1.165, 1.54) is 0 Å². The Hall–Kier alpha value is -3.33. The minimum Gasteiger partial charge on any atom is -0.447 e. The first-order valence-corrected chi connectivity index (χ1v) is 13.4. The number of cyclic esters (lactones) is 1. The second kappa shape index (κ2) is 9.52. The maximum atomic E-state index is 14.0. The molecule has 4 heterocycles. The molecule has 2 saturated heterocycles. The van der Waals surface area contributed by atoms with Crippen molar-refractivity contribution in [3.63, 3.8) is 0 Å². The predicted molar refractivity (Wildman–Crippen MR) is 141 cm³/mol. The molecule has 1 unspecified atom stereocenters. The molecule has 1 aromatic carbocycles. The van der Waals surface area contributed by atoms with Crippen molar-refractivity contribution in [1.82, 2.24) is 9.88 Å². The van der Waals surface area contributed by atoms with Gasteiger partial charge in [-0.25, -0.2) is 9.78 Å². The molecule has 3 aliphatic heterocycles. The lowest BCUT2D eigenvalue weighted by Crippen LogP contribution is -2.49. The van der Waals surface area contributed by atoms with E-state index in [4.69, 9.17) is 9.47 Å². The van der Waals surface area contributed by atoms with Gasteiger partial charge in [-0.2, -0.15) is 0 Å². The van der Waals surface area contributed by atoms with E-state index in [1.807, 2.05) is 28.9 Å². The molecule has 6 rings (SSSR count). The van der Waals surface area contributed by atoms with Gasteiger partial charge in [-0.15, -0.1) is 0 Å². The van der Waals surface area contributed by atoms with Gasteiger partial charge >= 0.3 is 6.09 Å². The summed E-state index contributed by atoms with van der Waals surface area (Å²) in [5.74, 6) is 0.933. The van der Waals surface area contributed by atoms with Crippen molar-refractivity contribution in [3.8, 4) is 0 Å².